The average molecular weight is 520 g/mol. The van der Waals surface area contributed by atoms with Crippen molar-refractivity contribution in [3.8, 4) is 33.8 Å². The number of rotatable bonds is 6. The van der Waals surface area contributed by atoms with E-state index >= 15 is 0 Å². The zero-order valence-electron chi connectivity index (χ0n) is 21.7. The van der Waals surface area contributed by atoms with Gasteiger partial charge >= 0.3 is 0 Å². The molecule has 0 aliphatic rings. The highest BCUT2D eigenvalue weighted by Gasteiger charge is 2.16. The van der Waals surface area contributed by atoms with Gasteiger partial charge < -0.3 is 15.2 Å². The van der Waals surface area contributed by atoms with Gasteiger partial charge in [-0.25, -0.2) is 4.39 Å². The zero-order valence-corrected chi connectivity index (χ0v) is 21.7. The van der Waals surface area contributed by atoms with E-state index in [1.807, 2.05) is 63.5 Å². The van der Waals surface area contributed by atoms with E-state index in [1.54, 1.807) is 29.6 Å². The van der Waals surface area contributed by atoms with Crippen molar-refractivity contribution in [2.75, 3.05) is 26.0 Å². The minimum atomic E-state index is -0.257. The summed E-state index contributed by atoms with van der Waals surface area (Å²) in [6.07, 6.45) is 5.06. The second-order valence-electron chi connectivity index (χ2n) is 9.90. The molecule has 2 aromatic carbocycles. The molecule has 0 unspecified atom stereocenters. The van der Waals surface area contributed by atoms with Crippen LogP contribution in [0.2, 0.25) is 0 Å². The molecule has 0 atom stereocenters. The van der Waals surface area contributed by atoms with E-state index in [1.165, 1.54) is 6.07 Å². The SMILES string of the molecule is Cc1cc(F)cc(-c2cccc3[nH]c(-c4n[nH]c5cnc(-c6cncc(NC(=O)CN(C)C)c6)cc45)cc23)c1. The molecule has 0 aliphatic heterocycles. The number of amides is 1. The van der Waals surface area contributed by atoms with Crippen molar-refractivity contribution in [2.45, 2.75) is 6.92 Å². The first-order valence-corrected chi connectivity index (χ1v) is 12.5. The minimum Gasteiger partial charge on any atom is -0.353 e. The Morgan fingerprint density at radius 1 is 0.974 bits per heavy atom. The van der Waals surface area contributed by atoms with E-state index in [0.29, 0.717) is 11.4 Å². The number of halogens is 1. The standard InChI is InChI=1S/C30H26FN7O/c1-17-7-18(9-20(31)8-17)22-5-4-6-25-23(22)11-27(35-25)30-24-12-26(33-15-28(24)36-37-30)19-10-21(14-32-13-19)34-29(39)16-38(2)3/h4-15,35H,16H2,1-3H3,(H,34,39)(H,36,37). The Bertz CT molecular complexity index is 1830. The van der Waals surface area contributed by atoms with Crippen LogP contribution >= 0.6 is 0 Å². The van der Waals surface area contributed by atoms with Crippen molar-refractivity contribution in [2.24, 2.45) is 0 Å². The maximum Gasteiger partial charge on any atom is 0.238 e. The lowest BCUT2D eigenvalue weighted by Gasteiger charge is -2.10. The van der Waals surface area contributed by atoms with Gasteiger partial charge in [0.1, 0.15) is 11.5 Å². The third-order valence-electron chi connectivity index (χ3n) is 6.50. The number of hydrogen-bond donors (Lipinski definition) is 3. The predicted octanol–water partition coefficient (Wildman–Crippen LogP) is 5.78. The molecular weight excluding hydrogens is 493 g/mol. The number of hydrogen-bond acceptors (Lipinski definition) is 5. The second kappa shape index (κ2) is 9.77. The lowest BCUT2D eigenvalue weighted by Crippen LogP contribution is -2.27. The fourth-order valence-electron chi connectivity index (χ4n) is 4.84. The fraction of sp³-hybridized carbons (Fsp3) is 0.133. The molecule has 6 aromatic rings. The van der Waals surface area contributed by atoms with Gasteiger partial charge in [0.2, 0.25) is 5.91 Å². The van der Waals surface area contributed by atoms with Gasteiger partial charge in [-0.05, 0) is 74.1 Å². The molecule has 194 valence electrons. The Hall–Kier alpha value is -4.89. The van der Waals surface area contributed by atoms with E-state index in [-0.39, 0.29) is 18.3 Å². The van der Waals surface area contributed by atoms with Crippen molar-refractivity contribution in [1.29, 1.82) is 0 Å². The smallest absolute Gasteiger partial charge is 0.238 e. The van der Waals surface area contributed by atoms with Crippen molar-refractivity contribution < 1.29 is 9.18 Å². The summed E-state index contributed by atoms with van der Waals surface area (Å²) in [6.45, 7) is 2.16. The molecule has 4 heterocycles. The maximum atomic E-state index is 14.2. The number of aromatic amines is 2. The van der Waals surface area contributed by atoms with Gasteiger partial charge in [-0.3, -0.25) is 19.9 Å². The number of benzene rings is 2. The first-order chi connectivity index (χ1) is 18.8. The third kappa shape index (κ3) is 4.87. The monoisotopic (exact) mass is 519 g/mol. The van der Waals surface area contributed by atoms with Crippen LogP contribution in [0.15, 0.2) is 73.2 Å². The number of likely N-dealkylation sites (N-methyl/N-ethyl adjacent to an activating group) is 1. The number of aromatic nitrogens is 5. The summed E-state index contributed by atoms with van der Waals surface area (Å²) in [4.78, 5) is 26.4. The molecule has 4 aromatic heterocycles. The summed E-state index contributed by atoms with van der Waals surface area (Å²) in [6, 6.07) is 16.9. The van der Waals surface area contributed by atoms with Crippen molar-refractivity contribution in [3.63, 3.8) is 0 Å². The average Bonchev–Trinajstić information content (AvgIpc) is 3.51. The Morgan fingerprint density at radius 3 is 2.67 bits per heavy atom. The van der Waals surface area contributed by atoms with Crippen molar-refractivity contribution in [3.05, 3.63) is 84.6 Å². The highest BCUT2D eigenvalue weighted by atomic mass is 19.1. The number of aryl methyl sites for hydroxylation is 1. The number of carbonyl (C=O) groups is 1. The number of nitrogens with zero attached hydrogens (tertiary/aromatic N) is 4. The van der Waals surface area contributed by atoms with E-state index in [2.05, 4.69) is 30.5 Å². The van der Waals surface area contributed by atoms with Crippen LogP contribution in [-0.2, 0) is 4.79 Å². The molecule has 0 aliphatic carbocycles. The molecule has 39 heavy (non-hydrogen) atoms. The Morgan fingerprint density at radius 2 is 1.85 bits per heavy atom. The highest BCUT2D eigenvalue weighted by Crippen LogP contribution is 2.35. The number of anilines is 1. The van der Waals surface area contributed by atoms with Crippen LogP contribution in [0.4, 0.5) is 10.1 Å². The first kappa shape index (κ1) is 24.4. The molecule has 8 nitrogen and oxygen atoms in total. The number of fused-ring (bicyclic) bond motifs is 2. The molecule has 3 N–H and O–H groups in total. The second-order valence-corrected chi connectivity index (χ2v) is 9.90. The van der Waals surface area contributed by atoms with Crippen molar-refractivity contribution in [1.82, 2.24) is 30.0 Å². The summed E-state index contributed by atoms with van der Waals surface area (Å²) in [7, 11) is 3.68. The fourth-order valence-corrected chi connectivity index (χ4v) is 4.84. The van der Waals surface area contributed by atoms with E-state index in [0.717, 1.165) is 55.4 Å². The number of pyridine rings is 2. The Balaban J connectivity index is 1.39. The molecule has 0 fully saturated rings. The van der Waals surface area contributed by atoms with E-state index < -0.39 is 0 Å². The quantitative estimate of drug-likeness (QED) is 0.259. The van der Waals surface area contributed by atoms with Crippen molar-refractivity contribution >= 4 is 33.4 Å². The summed E-state index contributed by atoms with van der Waals surface area (Å²) in [5.41, 5.74) is 8.01. The first-order valence-electron chi connectivity index (χ1n) is 12.5. The van der Waals surface area contributed by atoms with Crippen LogP contribution in [0.1, 0.15) is 5.56 Å². The van der Waals surface area contributed by atoms with Crippen LogP contribution in [0, 0.1) is 12.7 Å². The predicted molar refractivity (Wildman–Crippen MR) is 152 cm³/mol. The Labute approximate surface area is 223 Å². The molecule has 0 bridgehead atoms. The van der Waals surface area contributed by atoms with Crippen LogP contribution in [0.3, 0.4) is 0 Å². The maximum absolute atomic E-state index is 14.2. The van der Waals surface area contributed by atoms with Crippen LogP contribution in [-0.4, -0.2) is 56.6 Å². The molecule has 0 saturated heterocycles. The van der Waals surface area contributed by atoms with Gasteiger partial charge in [-0.2, -0.15) is 5.10 Å². The third-order valence-corrected chi connectivity index (χ3v) is 6.50. The molecule has 0 radical (unpaired) electrons. The summed E-state index contributed by atoms with van der Waals surface area (Å²) >= 11 is 0. The minimum absolute atomic E-state index is 0.119. The zero-order chi connectivity index (χ0) is 27.1. The van der Waals surface area contributed by atoms with Gasteiger partial charge in [-0.15, -0.1) is 0 Å². The molecule has 9 heteroatoms. The topological polar surface area (TPSA) is 103 Å². The van der Waals surface area contributed by atoms with Crippen LogP contribution < -0.4 is 5.32 Å². The van der Waals surface area contributed by atoms with E-state index in [9.17, 15) is 9.18 Å². The summed E-state index contributed by atoms with van der Waals surface area (Å²) in [5.74, 6) is -0.377. The normalized spacial score (nSPS) is 11.5. The van der Waals surface area contributed by atoms with E-state index in [4.69, 9.17) is 0 Å². The lowest BCUT2D eigenvalue weighted by atomic mass is 9.99. The number of H-pyrrole nitrogens is 2. The molecule has 6 rings (SSSR count). The molecule has 0 saturated carbocycles. The molecular formula is C30H26FN7O. The van der Waals surface area contributed by atoms with Crippen LogP contribution in [0.25, 0.3) is 55.6 Å². The molecule has 1 amide bonds. The lowest BCUT2D eigenvalue weighted by molar-refractivity contribution is -0.116. The van der Waals surface area contributed by atoms with Gasteiger partial charge in [0.15, 0.2) is 0 Å². The van der Waals surface area contributed by atoms with Gasteiger partial charge in [0, 0.05) is 28.0 Å². The summed E-state index contributed by atoms with van der Waals surface area (Å²) < 4.78 is 14.2. The largest absolute Gasteiger partial charge is 0.353 e. The van der Waals surface area contributed by atoms with Gasteiger partial charge in [0.25, 0.3) is 0 Å². The number of carbonyl (C=O) groups excluding carboxylic acids is 1. The highest BCUT2D eigenvalue weighted by molar-refractivity contribution is 6.01. The molecule has 0 spiro atoms. The van der Waals surface area contributed by atoms with Crippen LogP contribution in [0.5, 0.6) is 0 Å². The number of nitrogens with one attached hydrogen (secondary N) is 3. The van der Waals surface area contributed by atoms with Gasteiger partial charge in [-0.1, -0.05) is 18.2 Å². The summed E-state index contributed by atoms with van der Waals surface area (Å²) in [5, 5.41) is 12.4. The van der Waals surface area contributed by atoms with Gasteiger partial charge in [0.05, 0.1) is 41.5 Å². The Kier molecular flexibility index (Phi) is 6.12.